The number of non-ortho nitro benzene ring substituents is 1. The third-order valence-corrected chi connectivity index (χ3v) is 5.11. The van der Waals surface area contributed by atoms with Crippen LogP contribution in [0.5, 0.6) is 0 Å². The Morgan fingerprint density at radius 1 is 1.07 bits per heavy atom. The zero-order valence-corrected chi connectivity index (χ0v) is 15.0. The lowest BCUT2D eigenvalue weighted by atomic mass is 9.98. The summed E-state index contributed by atoms with van der Waals surface area (Å²) in [7, 11) is -3.84. The van der Waals surface area contributed by atoms with Gasteiger partial charge in [-0.3, -0.25) is 15.2 Å². The van der Waals surface area contributed by atoms with Gasteiger partial charge in [-0.05, 0) is 18.2 Å². The van der Waals surface area contributed by atoms with Crippen LogP contribution in [-0.2, 0) is 16.0 Å². The molecule has 0 fully saturated rings. The molecule has 2 aromatic carbocycles. The highest BCUT2D eigenvalue weighted by atomic mass is 32.2. The van der Waals surface area contributed by atoms with E-state index >= 15 is 0 Å². The lowest BCUT2D eigenvalue weighted by Gasteiger charge is -2.12. The summed E-state index contributed by atoms with van der Waals surface area (Å²) in [6, 6.07) is 10.1. The number of aromatic amines is 1. The van der Waals surface area contributed by atoms with Gasteiger partial charge >= 0.3 is 6.18 Å². The van der Waals surface area contributed by atoms with Gasteiger partial charge in [0.2, 0.25) is 0 Å². The average Bonchev–Trinajstić information content (AvgIpc) is 3.06. The Hall–Kier alpha value is -3.21. The van der Waals surface area contributed by atoms with Crippen LogP contribution in [0.2, 0.25) is 0 Å². The molecule has 3 rings (SSSR count). The maximum atomic E-state index is 13.5. The largest absolute Gasteiger partial charge is 0.435 e. The van der Waals surface area contributed by atoms with Gasteiger partial charge in [-0.2, -0.15) is 18.3 Å². The second kappa shape index (κ2) is 6.75. The van der Waals surface area contributed by atoms with E-state index in [1.165, 1.54) is 36.4 Å². The number of nitro benzene ring substituents is 1. The Bertz CT molecular complexity index is 1150. The van der Waals surface area contributed by atoms with E-state index in [2.05, 4.69) is 10.2 Å². The molecule has 0 aliphatic heterocycles. The van der Waals surface area contributed by atoms with Gasteiger partial charge in [-0.1, -0.05) is 18.2 Å². The summed E-state index contributed by atoms with van der Waals surface area (Å²) in [5, 5.41) is 16.4. The molecule has 0 saturated heterocycles. The molecule has 0 aliphatic rings. The fourth-order valence-corrected chi connectivity index (χ4v) is 3.66. The predicted molar refractivity (Wildman–Crippen MR) is 94.2 cm³/mol. The number of benzene rings is 2. The van der Waals surface area contributed by atoms with E-state index in [9.17, 15) is 31.7 Å². The topological polar surface area (TPSA) is 106 Å². The third-order valence-electron chi connectivity index (χ3n) is 3.96. The van der Waals surface area contributed by atoms with E-state index in [1.54, 1.807) is 0 Å². The van der Waals surface area contributed by atoms with Crippen molar-refractivity contribution in [2.75, 3.05) is 6.26 Å². The minimum atomic E-state index is -4.85. The molecule has 0 unspecified atom stereocenters. The first-order valence-corrected chi connectivity index (χ1v) is 9.59. The highest BCUT2D eigenvalue weighted by molar-refractivity contribution is 7.90. The maximum Gasteiger partial charge on any atom is 0.435 e. The summed E-state index contributed by atoms with van der Waals surface area (Å²) in [6.07, 6.45) is -3.96. The van der Waals surface area contributed by atoms with Crippen molar-refractivity contribution >= 4 is 15.5 Å². The summed E-state index contributed by atoms with van der Waals surface area (Å²) in [5.41, 5.74) is -2.04. The number of sulfone groups is 1. The first-order valence-electron chi connectivity index (χ1n) is 7.70. The minimum absolute atomic E-state index is 0.0988. The van der Waals surface area contributed by atoms with Gasteiger partial charge in [0.05, 0.1) is 15.5 Å². The fraction of sp³-hybridized carbons (Fsp3) is 0.118. The van der Waals surface area contributed by atoms with Gasteiger partial charge in [0.25, 0.3) is 5.69 Å². The zero-order valence-electron chi connectivity index (χ0n) is 14.2. The molecule has 1 heterocycles. The molecular weight excluding hydrogens is 399 g/mol. The van der Waals surface area contributed by atoms with Crippen molar-refractivity contribution in [3.05, 3.63) is 64.3 Å². The van der Waals surface area contributed by atoms with E-state index in [0.29, 0.717) is 0 Å². The number of H-pyrrole nitrogens is 1. The highest BCUT2D eigenvalue weighted by Crippen LogP contribution is 2.43. The average molecular weight is 411 g/mol. The normalized spacial score (nSPS) is 12.1. The molecule has 0 spiro atoms. The van der Waals surface area contributed by atoms with E-state index < -0.39 is 32.2 Å². The summed E-state index contributed by atoms with van der Waals surface area (Å²) in [6.45, 7) is 0. The number of nitro groups is 1. The van der Waals surface area contributed by atoms with Crippen molar-refractivity contribution in [3.63, 3.8) is 0 Å². The maximum absolute atomic E-state index is 13.5. The first-order chi connectivity index (χ1) is 13.0. The summed E-state index contributed by atoms with van der Waals surface area (Å²) < 4.78 is 64.8. The van der Waals surface area contributed by atoms with E-state index in [-0.39, 0.29) is 27.4 Å². The zero-order chi connectivity index (χ0) is 20.7. The minimum Gasteiger partial charge on any atom is -0.277 e. The number of nitrogens with zero attached hydrogens (tertiary/aromatic N) is 2. The second-order valence-electron chi connectivity index (χ2n) is 5.89. The number of hydrogen-bond acceptors (Lipinski definition) is 5. The van der Waals surface area contributed by atoms with Crippen LogP contribution < -0.4 is 0 Å². The highest BCUT2D eigenvalue weighted by Gasteiger charge is 2.39. The molecule has 0 bridgehead atoms. The Kier molecular flexibility index (Phi) is 4.71. The van der Waals surface area contributed by atoms with Crippen molar-refractivity contribution in [2.24, 2.45) is 0 Å². The van der Waals surface area contributed by atoms with Crippen molar-refractivity contribution in [1.82, 2.24) is 10.2 Å². The molecule has 0 radical (unpaired) electrons. The van der Waals surface area contributed by atoms with Crippen LogP contribution in [-0.4, -0.2) is 29.8 Å². The van der Waals surface area contributed by atoms with Gasteiger partial charge in [0, 0.05) is 35.1 Å². The number of aromatic nitrogens is 2. The molecule has 7 nitrogen and oxygen atoms in total. The second-order valence-corrected chi connectivity index (χ2v) is 7.88. The van der Waals surface area contributed by atoms with Crippen molar-refractivity contribution in [2.45, 2.75) is 11.1 Å². The lowest BCUT2D eigenvalue weighted by molar-refractivity contribution is -0.384. The SMILES string of the molecule is CS(=O)(=O)c1ccccc1-c1c(C(F)(F)F)n[nH]c1-c1ccc([N+](=O)[O-])cc1. The Morgan fingerprint density at radius 2 is 1.68 bits per heavy atom. The molecule has 0 aliphatic carbocycles. The molecule has 0 atom stereocenters. The Balaban J connectivity index is 2.32. The molecule has 0 amide bonds. The van der Waals surface area contributed by atoms with Crippen molar-refractivity contribution < 1.29 is 26.5 Å². The van der Waals surface area contributed by atoms with E-state index in [1.807, 2.05) is 0 Å². The van der Waals surface area contributed by atoms with Crippen LogP contribution in [0, 0.1) is 10.1 Å². The molecule has 11 heteroatoms. The Morgan fingerprint density at radius 3 is 2.21 bits per heavy atom. The summed E-state index contributed by atoms with van der Waals surface area (Å²) >= 11 is 0. The molecule has 1 aromatic heterocycles. The fourth-order valence-electron chi connectivity index (χ4n) is 2.76. The van der Waals surface area contributed by atoms with Crippen LogP contribution >= 0.6 is 0 Å². The molecule has 146 valence electrons. The van der Waals surface area contributed by atoms with Gasteiger partial charge in [0.15, 0.2) is 15.5 Å². The summed E-state index contributed by atoms with van der Waals surface area (Å²) in [5.74, 6) is 0. The summed E-state index contributed by atoms with van der Waals surface area (Å²) in [4.78, 5) is 9.87. The van der Waals surface area contributed by atoms with Crippen LogP contribution in [0.1, 0.15) is 5.69 Å². The van der Waals surface area contributed by atoms with Gasteiger partial charge in [-0.15, -0.1) is 0 Å². The van der Waals surface area contributed by atoms with Gasteiger partial charge < -0.3 is 0 Å². The number of alkyl halides is 3. The first kappa shape index (κ1) is 19.5. The van der Waals surface area contributed by atoms with Crippen LogP contribution in [0.15, 0.2) is 53.4 Å². The molecular formula is C17H12F3N3O4S. The Labute approximate surface area is 156 Å². The van der Waals surface area contributed by atoms with Gasteiger partial charge in [0.1, 0.15) is 0 Å². The van der Waals surface area contributed by atoms with E-state index in [4.69, 9.17) is 0 Å². The lowest BCUT2D eigenvalue weighted by Crippen LogP contribution is -2.09. The van der Waals surface area contributed by atoms with Gasteiger partial charge in [-0.25, -0.2) is 8.42 Å². The monoisotopic (exact) mass is 411 g/mol. The van der Waals surface area contributed by atoms with Crippen LogP contribution in [0.25, 0.3) is 22.4 Å². The third kappa shape index (κ3) is 3.60. The molecule has 28 heavy (non-hydrogen) atoms. The van der Waals surface area contributed by atoms with E-state index in [0.717, 1.165) is 18.4 Å². The standard InChI is InChI=1S/C17H12F3N3O4S/c1-28(26,27)13-5-3-2-4-12(13)14-15(21-22-16(14)17(18,19)20)10-6-8-11(9-7-10)23(24)25/h2-9H,1H3,(H,21,22). The predicted octanol–water partition coefficient (Wildman–Crippen LogP) is 4.07. The number of rotatable bonds is 4. The number of hydrogen-bond donors (Lipinski definition) is 1. The smallest absolute Gasteiger partial charge is 0.277 e. The van der Waals surface area contributed by atoms with Crippen LogP contribution in [0.3, 0.4) is 0 Å². The molecule has 1 N–H and O–H groups in total. The van der Waals surface area contributed by atoms with Crippen molar-refractivity contribution in [3.8, 4) is 22.4 Å². The van der Waals surface area contributed by atoms with Crippen LogP contribution in [0.4, 0.5) is 18.9 Å². The van der Waals surface area contributed by atoms with Crippen molar-refractivity contribution in [1.29, 1.82) is 0 Å². The number of halogens is 3. The number of nitrogens with one attached hydrogen (secondary N) is 1. The molecule has 0 saturated carbocycles. The molecule has 3 aromatic rings. The quantitative estimate of drug-likeness (QED) is 0.514.